The molecule has 1 unspecified atom stereocenters. The van der Waals surface area contributed by atoms with E-state index in [1.807, 2.05) is 0 Å². The Kier molecular flexibility index (Phi) is 7.41. The van der Waals surface area contributed by atoms with E-state index in [0.717, 1.165) is 31.4 Å². The van der Waals surface area contributed by atoms with Crippen molar-refractivity contribution in [2.75, 3.05) is 32.1 Å². The summed E-state index contributed by atoms with van der Waals surface area (Å²) in [7, 11) is 0. The van der Waals surface area contributed by atoms with E-state index in [1.165, 1.54) is 38.8 Å². The monoisotopic (exact) mass is 232 g/mol. The molecule has 1 aliphatic heterocycles. The molecule has 1 fully saturated rings. The highest BCUT2D eigenvalue weighted by atomic mass is 35.5. The third-order valence-corrected chi connectivity index (χ3v) is 3.49. The molecule has 1 saturated heterocycles. The number of hydrogen-bond acceptors (Lipinski definition) is 2. The van der Waals surface area contributed by atoms with Crippen molar-refractivity contribution in [2.24, 2.45) is 0 Å². The normalized spacial score (nSPS) is 23.2. The van der Waals surface area contributed by atoms with E-state index in [-0.39, 0.29) is 0 Å². The summed E-state index contributed by atoms with van der Waals surface area (Å²) in [4.78, 5) is 2.63. The van der Waals surface area contributed by atoms with Crippen LogP contribution in [0.25, 0.3) is 0 Å². The minimum atomic E-state index is 0.774. The Morgan fingerprint density at radius 1 is 1.27 bits per heavy atom. The molecule has 2 nitrogen and oxygen atoms in total. The second kappa shape index (κ2) is 8.37. The van der Waals surface area contributed by atoms with Crippen LogP contribution in [-0.2, 0) is 0 Å². The first-order valence-corrected chi connectivity index (χ1v) is 6.89. The second-order valence-electron chi connectivity index (χ2n) is 4.53. The maximum absolute atomic E-state index is 5.61. The molecule has 1 aliphatic rings. The first-order valence-electron chi connectivity index (χ1n) is 6.35. The molecule has 0 bridgehead atoms. The highest BCUT2D eigenvalue weighted by Gasteiger charge is 2.16. The summed E-state index contributed by atoms with van der Waals surface area (Å²) in [6, 6.07) is 0.807. The fourth-order valence-corrected chi connectivity index (χ4v) is 2.35. The Morgan fingerprint density at radius 3 is 2.80 bits per heavy atom. The standard InChI is InChI=1S/C12H25ClN2/c1-12-6-2-3-10-15(12)11-5-9-14-8-4-7-13/h12,14H,2-11H2,1H3. The molecule has 0 aromatic carbocycles. The zero-order valence-electron chi connectivity index (χ0n) is 9.97. The number of piperidine rings is 1. The van der Waals surface area contributed by atoms with Crippen LogP contribution in [0.3, 0.4) is 0 Å². The molecular weight excluding hydrogens is 208 g/mol. The van der Waals surface area contributed by atoms with Gasteiger partial charge in [0, 0.05) is 11.9 Å². The van der Waals surface area contributed by atoms with Gasteiger partial charge in [0.25, 0.3) is 0 Å². The fraction of sp³-hybridized carbons (Fsp3) is 1.00. The molecular formula is C12H25ClN2. The van der Waals surface area contributed by atoms with E-state index in [9.17, 15) is 0 Å². The lowest BCUT2D eigenvalue weighted by molar-refractivity contribution is 0.159. The van der Waals surface area contributed by atoms with Crippen LogP contribution in [-0.4, -0.2) is 43.0 Å². The molecule has 1 heterocycles. The first-order chi connectivity index (χ1) is 7.34. The Morgan fingerprint density at radius 2 is 2.07 bits per heavy atom. The van der Waals surface area contributed by atoms with Crippen LogP contribution in [0.1, 0.15) is 39.0 Å². The van der Waals surface area contributed by atoms with Gasteiger partial charge in [-0.3, -0.25) is 0 Å². The number of hydrogen-bond donors (Lipinski definition) is 1. The lowest BCUT2D eigenvalue weighted by Gasteiger charge is -2.33. The molecule has 1 rings (SSSR count). The Hall–Kier alpha value is 0.210. The summed E-state index contributed by atoms with van der Waals surface area (Å²) >= 11 is 5.61. The number of rotatable bonds is 7. The molecule has 0 amide bonds. The van der Waals surface area contributed by atoms with Crippen molar-refractivity contribution in [3.8, 4) is 0 Å². The van der Waals surface area contributed by atoms with E-state index in [1.54, 1.807) is 0 Å². The molecule has 3 heteroatoms. The fourth-order valence-electron chi connectivity index (χ4n) is 2.21. The molecule has 15 heavy (non-hydrogen) atoms. The van der Waals surface area contributed by atoms with Gasteiger partial charge in [-0.05, 0) is 58.8 Å². The van der Waals surface area contributed by atoms with E-state index in [4.69, 9.17) is 11.6 Å². The Labute approximate surface area is 99.4 Å². The van der Waals surface area contributed by atoms with Crippen molar-refractivity contribution >= 4 is 11.6 Å². The van der Waals surface area contributed by atoms with Crippen molar-refractivity contribution in [3.05, 3.63) is 0 Å². The second-order valence-corrected chi connectivity index (χ2v) is 4.90. The van der Waals surface area contributed by atoms with E-state index >= 15 is 0 Å². The van der Waals surface area contributed by atoms with Gasteiger partial charge in [0.1, 0.15) is 0 Å². The van der Waals surface area contributed by atoms with Gasteiger partial charge in [-0.25, -0.2) is 0 Å². The number of nitrogens with zero attached hydrogens (tertiary/aromatic N) is 1. The van der Waals surface area contributed by atoms with Crippen LogP contribution in [0.15, 0.2) is 0 Å². The van der Waals surface area contributed by atoms with Crippen molar-refractivity contribution in [1.82, 2.24) is 10.2 Å². The van der Waals surface area contributed by atoms with Crippen molar-refractivity contribution < 1.29 is 0 Å². The van der Waals surface area contributed by atoms with Gasteiger partial charge >= 0.3 is 0 Å². The van der Waals surface area contributed by atoms with Crippen LogP contribution in [0.5, 0.6) is 0 Å². The van der Waals surface area contributed by atoms with Gasteiger partial charge in [0.2, 0.25) is 0 Å². The Balaban J connectivity index is 1.94. The quantitative estimate of drug-likeness (QED) is 0.536. The zero-order valence-corrected chi connectivity index (χ0v) is 10.7. The summed E-state index contributed by atoms with van der Waals surface area (Å²) < 4.78 is 0. The first kappa shape index (κ1) is 13.3. The number of alkyl halides is 1. The summed E-state index contributed by atoms with van der Waals surface area (Å²) in [6.07, 6.45) is 6.56. The topological polar surface area (TPSA) is 15.3 Å². The van der Waals surface area contributed by atoms with Crippen LogP contribution in [0.4, 0.5) is 0 Å². The summed E-state index contributed by atoms with van der Waals surface area (Å²) in [5.74, 6) is 0.774. The summed E-state index contributed by atoms with van der Waals surface area (Å²) in [5.41, 5.74) is 0. The van der Waals surface area contributed by atoms with Crippen molar-refractivity contribution in [2.45, 2.75) is 45.1 Å². The predicted octanol–water partition coefficient (Wildman–Crippen LogP) is 2.47. The zero-order chi connectivity index (χ0) is 10.9. The molecule has 90 valence electrons. The minimum Gasteiger partial charge on any atom is -0.317 e. The van der Waals surface area contributed by atoms with Crippen molar-refractivity contribution in [1.29, 1.82) is 0 Å². The van der Waals surface area contributed by atoms with Crippen LogP contribution < -0.4 is 5.32 Å². The van der Waals surface area contributed by atoms with Gasteiger partial charge in [-0.1, -0.05) is 6.42 Å². The van der Waals surface area contributed by atoms with E-state index in [2.05, 4.69) is 17.1 Å². The van der Waals surface area contributed by atoms with Crippen LogP contribution in [0.2, 0.25) is 0 Å². The smallest absolute Gasteiger partial charge is 0.0235 e. The average molecular weight is 233 g/mol. The molecule has 0 saturated carbocycles. The van der Waals surface area contributed by atoms with Gasteiger partial charge in [0.05, 0.1) is 0 Å². The third-order valence-electron chi connectivity index (χ3n) is 3.23. The van der Waals surface area contributed by atoms with Crippen molar-refractivity contribution in [3.63, 3.8) is 0 Å². The van der Waals surface area contributed by atoms with Gasteiger partial charge in [-0.15, -0.1) is 11.6 Å². The number of nitrogens with one attached hydrogen (secondary N) is 1. The predicted molar refractivity (Wildman–Crippen MR) is 67.7 cm³/mol. The Bertz CT molecular complexity index is 153. The lowest BCUT2D eigenvalue weighted by atomic mass is 10.0. The number of halogens is 1. The third kappa shape index (κ3) is 5.74. The van der Waals surface area contributed by atoms with E-state index in [0.29, 0.717) is 0 Å². The largest absolute Gasteiger partial charge is 0.317 e. The van der Waals surface area contributed by atoms with Gasteiger partial charge in [0.15, 0.2) is 0 Å². The molecule has 0 aromatic heterocycles. The summed E-state index contributed by atoms with van der Waals surface area (Å²) in [6.45, 7) is 7.14. The molecule has 1 N–H and O–H groups in total. The van der Waals surface area contributed by atoms with E-state index < -0.39 is 0 Å². The minimum absolute atomic E-state index is 0.774. The van der Waals surface area contributed by atoms with Gasteiger partial charge < -0.3 is 10.2 Å². The molecule has 1 atom stereocenters. The maximum atomic E-state index is 5.61. The lowest BCUT2D eigenvalue weighted by Crippen LogP contribution is -2.38. The average Bonchev–Trinajstić information content (AvgIpc) is 2.25. The highest BCUT2D eigenvalue weighted by Crippen LogP contribution is 2.15. The van der Waals surface area contributed by atoms with Crippen LogP contribution >= 0.6 is 11.6 Å². The molecule has 0 spiro atoms. The summed E-state index contributed by atoms with van der Waals surface area (Å²) in [5, 5.41) is 3.43. The molecule has 0 aromatic rings. The molecule has 0 radical (unpaired) electrons. The van der Waals surface area contributed by atoms with Gasteiger partial charge in [-0.2, -0.15) is 0 Å². The molecule has 0 aliphatic carbocycles. The maximum Gasteiger partial charge on any atom is 0.0235 e. The van der Waals surface area contributed by atoms with Crippen LogP contribution in [0, 0.1) is 0 Å². The SMILES string of the molecule is CC1CCCCN1CCCNCCCCl. The highest BCUT2D eigenvalue weighted by molar-refractivity contribution is 6.17. The number of likely N-dealkylation sites (tertiary alicyclic amines) is 1.